The second kappa shape index (κ2) is 8.71. The zero-order chi connectivity index (χ0) is 21.0. The number of carbonyl (C=O) groups is 2. The lowest BCUT2D eigenvalue weighted by Gasteiger charge is -2.15. The molecule has 1 N–H and O–H groups in total. The zero-order valence-electron chi connectivity index (χ0n) is 16.0. The minimum absolute atomic E-state index is 0.171. The number of carbonyl (C=O) groups excluding carboxylic acids is 2. The van der Waals surface area contributed by atoms with Crippen LogP contribution in [0.3, 0.4) is 0 Å². The Morgan fingerprint density at radius 2 is 1.93 bits per heavy atom. The number of halogens is 3. The number of hydrogen-bond acceptors (Lipinski definition) is 4. The molecule has 0 bridgehead atoms. The maximum absolute atomic E-state index is 12.4. The third kappa shape index (κ3) is 6.37. The first kappa shape index (κ1) is 21.0. The highest BCUT2D eigenvalue weighted by Crippen LogP contribution is 2.31. The Labute approximate surface area is 166 Å². The number of Topliss-reactive ketones (excluding diaryl/α,β-unsaturated/α-hetero) is 1. The number of nitrogens with zero attached hydrogens (tertiary/aromatic N) is 2. The van der Waals surface area contributed by atoms with Gasteiger partial charge in [0.2, 0.25) is 0 Å². The van der Waals surface area contributed by atoms with Gasteiger partial charge in [-0.15, -0.1) is 0 Å². The van der Waals surface area contributed by atoms with Crippen LogP contribution in [0.15, 0.2) is 36.7 Å². The topological polar surface area (TPSA) is 72.0 Å². The highest BCUT2D eigenvalue weighted by atomic mass is 19.4. The number of ketones is 1. The maximum atomic E-state index is 12.4. The van der Waals surface area contributed by atoms with Crippen molar-refractivity contribution in [1.29, 1.82) is 0 Å². The van der Waals surface area contributed by atoms with Gasteiger partial charge in [0.05, 0.1) is 11.6 Å². The molecule has 2 heterocycles. The van der Waals surface area contributed by atoms with Crippen molar-refractivity contribution in [1.82, 2.24) is 15.3 Å². The summed E-state index contributed by atoms with van der Waals surface area (Å²) in [5.74, 6) is -0.00741. The molecule has 2 aromatic heterocycles. The first-order valence-corrected chi connectivity index (χ1v) is 9.51. The normalized spacial score (nSPS) is 15.0. The van der Waals surface area contributed by atoms with Crippen LogP contribution in [0, 0.1) is 5.92 Å². The molecule has 1 unspecified atom stereocenters. The van der Waals surface area contributed by atoms with Crippen molar-refractivity contribution in [3.8, 4) is 0 Å². The van der Waals surface area contributed by atoms with E-state index in [9.17, 15) is 22.8 Å². The third-order valence-corrected chi connectivity index (χ3v) is 4.83. The van der Waals surface area contributed by atoms with E-state index in [1.807, 2.05) is 13.0 Å². The van der Waals surface area contributed by atoms with Gasteiger partial charge >= 0.3 is 6.18 Å². The summed E-state index contributed by atoms with van der Waals surface area (Å²) >= 11 is 0. The molecule has 0 aromatic carbocycles. The van der Waals surface area contributed by atoms with Crippen molar-refractivity contribution in [3.05, 3.63) is 59.2 Å². The number of alkyl halides is 3. The van der Waals surface area contributed by atoms with Crippen LogP contribution in [0.2, 0.25) is 0 Å². The smallest absolute Gasteiger partial charge is 0.345 e. The molecule has 154 valence electrons. The van der Waals surface area contributed by atoms with Crippen LogP contribution in [-0.2, 0) is 17.6 Å². The van der Waals surface area contributed by atoms with Crippen LogP contribution < -0.4 is 5.32 Å². The van der Waals surface area contributed by atoms with Crippen molar-refractivity contribution >= 4 is 11.7 Å². The van der Waals surface area contributed by atoms with Crippen LogP contribution in [0.4, 0.5) is 13.2 Å². The van der Waals surface area contributed by atoms with E-state index >= 15 is 0 Å². The van der Waals surface area contributed by atoms with Gasteiger partial charge in [0.25, 0.3) is 5.91 Å². The molecular weight excluding hydrogens is 383 g/mol. The number of pyridine rings is 2. The highest BCUT2D eigenvalue weighted by molar-refractivity contribution is 5.94. The van der Waals surface area contributed by atoms with Gasteiger partial charge < -0.3 is 5.32 Å². The van der Waals surface area contributed by atoms with Crippen LogP contribution in [-0.4, -0.2) is 27.8 Å². The lowest BCUT2D eigenvalue weighted by Crippen LogP contribution is -2.27. The molecule has 1 aliphatic carbocycles. The van der Waals surface area contributed by atoms with Crippen molar-refractivity contribution in [3.63, 3.8) is 0 Å². The predicted octanol–water partition coefficient (Wildman–Crippen LogP) is 3.98. The Bertz CT molecular complexity index is 877. The average molecular weight is 405 g/mol. The Hall–Kier alpha value is -2.77. The van der Waals surface area contributed by atoms with Gasteiger partial charge in [-0.25, -0.2) is 0 Å². The molecule has 3 rings (SSSR count). The van der Waals surface area contributed by atoms with E-state index in [0.717, 1.165) is 18.4 Å². The largest absolute Gasteiger partial charge is 0.389 e. The fourth-order valence-corrected chi connectivity index (χ4v) is 2.93. The second-order valence-electron chi connectivity index (χ2n) is 7.35. The first-order valence-electron chi connectivity index (χ1n) is 9.51. The summed E-state index contributed by atoms with van der Waals surface area (Å²) in [5, 5.41) is 2.83. The molecule has 0 spiro atoms. The van der Waals surface area contributed by atoms with Crippen LogP contribution in [0.25, 0.3) is 0 Å². The van der Waals surface area contributed by atoms with Crippen molar-refractivity contribution in [2.75, 3.05) is 0 Å². The van der Waals surface area contributed by atoms with E-state index in [1.54, 1.807) is 12.3 Å². The molecule has 2 aromatic rings. The number of amides is 1. The zero-order valence-corrected chi connectivity index (χ0v) is 16.0. The molecule has 1 amide bonds. The molecule has 29 heavy (non-hydrogen) atoms. The number of aromatic nitrogens is 2. The van der Waals surface area contributed by atoms with E-state index < -0.39 is 12.6 Å². The summed E-state index contributed by atoms with van der Waals surface area (Å²) in [5.41, 5.74) is 2.05. The van der Waals surface area contributed by atoms with Crippen molar-refractivity contribution < 1.29 is 22.8 Å². The molecule has 1 aliphatic rings. The van der Waals surface area contributed by atoms with E-state index in [4.69, 9.17) is 0 Å². The Balaban J connectivity index is 1.57. The van der Waals surface area contributed by atoms with Gasteiger partial charge in [0.15, 0.2) is 0 Å². The molecule has 1 fully saturated rings. The summed E-state index contributed by atoms with van der Waals surface area (Å²) in [4.78, 5) is 32.6. The van der Waals surface area contributed by atoms with Gasteiger partial charge in [0, 0.05) is 42.5 Å². The molecule has 8 heteroatoms. The van der Waals surface area contributed by atoms with E-state index in [0.29, 0.717) is 12.1 Å². The number of hydrogen-bond donors (Lipinski definition) is 1. The molecule has 0 saturated heterocycles. The molecule has 1 saturated carbocycles. The molecule has 1 atom stereocenters. The predicted molar refractivity (Wildman–Crippen MR) is 100 cm³/mol. The summed E-state index contributed by atoms with van der Waals surface area (Å²) in [7, 11) is 0. The van der Waals surface area contributed by atoms with Gasteiger partial charge in [0.1, 0.15) is 5.78 Å². The molecular formula is C21H22F3N3O2. The van der Waals surface area contributed by atoms with Crippen LogP contribution in [0.5, 0.6) is 0 Å². The van der Waals surface area contributed by atoms with Crippen LogP contribution >= 0.6 is 0 Å². The minimum Gasteiger partial charge on any atom is -0.345 e. The number of nitrogens with one attached hydrogen (secondary N) is 1. The SMILES string of the molecule is CC(NC(=O)c1ccc(CCC(F)(F)F)nc1)c1ccnc(CC(=O)C2CC2)c1. The highest BCUT2D eigenvalue weighted by Gasteiger charge is 2.29. The fourth-order valence-electron chi connectivity index (χ4n) is 2.93. The summed E-state index contributed by atoms with van der Waals surface area (Å²) < 4.78 is 36.8. The lowest BCUT2D eigenvalue weighted by molar-refractivity contribution is -0.134. The lowest BCUT2D eigenvalue weighted by atomic mass is 10.1. The number of rotatable bonds is 8. The fraction of sp³-hybridized carbons (Fsp3) is 0.429. The summed E-state index contributed by atoms with van der Waals surface area (Å²) in [6, 6.07) is 6.15. The monoisotopic (exact) mass is 405 g/mol. The van der Waals surface area contributed by atoms with Gasteiger partial charge in [-0.1, -0.05) is 0 Å². The van der Waals surface area contributed by atoms with E-state index in [-0.39, 0.29) is 41.3 Å². The molecule has 0 aliphatic heterocycles. The van der Waals surface area contributed by atoms with E-state index in [2.05, 4.69) is 15.3 Å². The average Bonchev–Trinajstić information content (AvgIpc) is 3.52. The summed E-state index contributed by atoms with van der Waals surface area (Å²) in [6.07, 6.45) is -0.313. The molecule has 0 radical (unpaired) electrons. The maximum Gasteiger partial charge on any atom is 0.389 e. The quantitative estimate of drug-likeness (QED) is 0.721. The minimum atomic E-state index is -4.24. The standard InChI is InChI=1S/C21H22F3N3O2/c1-13(15-7-9-25-18(10-15)11-19(28)14-2-3-14)27-20(29)16-4-5-17(26-12-16)6-8-21(22,23)24/h4-5,7,9-10,12-14H,2-3,6,8,11H2,1H3,(H,27,29). The number of aryl methyl sites for hydroxylation is 1. The van der Waals surface area contributed by atoms with Gasteiger partial charge in [-0.05, 0) is 56.0 Å². The van der Waals surface area contributed by atoms with Crippen molar-refractivity contribution in [2.45, 2.75) is 51.2 Å². The second-order valence-corrected chi connectivity index (χ2v) is 7.35. The third-order valence-electron chi connectivity index (χ3n) is 4.83. The summed E-state index contributed by atoms with van der Waals surface area (Å²) in [6.45, 7) is 1.81. The van der Waals surface area contributed by atoms with Crippen molar-refractivity contribution in [2.24, 2.45) is 5.92 Å². The Morgan fingerprint density at radius 1 is 1.17 bits per heavy atom. The van der Waals surface area contributed by atoms with E-state index in [1.165, 1.54) is 18.3 Å². The van der Waals surface area contributed by atoms with Crippen LogP contribution in [0.1, 0.15) is 59.5 Å². The first-order chi connectivity index (χ1) is 13.7. The Kier molecular flexibility index (Phi) is 6.30. The van der Waals surface area contributed by atoms with Gasteiger partial charge in [-0.3, -0.25) is 19.6 Å². The van der Waals surface area contributed by atoms with Gasteiger partial charge in [-0.2, -0.15) is 13.2 Å². The molecule has 5 nitrogen and oxygen atoms in total. The Morgan fingerprint density at radius 3 is 2.55 bits per heavy atom.